The second kappa shape index (κ2) is 8.02. The number of hydrogen-bond acceptors (Lipinski definition) is 1. The van der Waals surface area contributed by atoms with Gasteiger partial charge in [0.05, 0.1) is 6.10 Å². The minimum atomic E-state index is -8.35. The molecule has 0 radical (unpaired) electrons. The van der Waals surface area contributed by atoms with Crippen molar-refractivity contribution in [3.8, 4) is 0 Å². The summed E-state index contributed by atoms with van der Waals surface area (Å²) in [6, 6.07) is 3.12. The van der Waals surface area contributed by atoms with Crippen LogP contribution in [0.1, 0.15) is 18.1 Å². The number of halogens is 16. The van der Waals surface area contributed by atoms with Crippen LogP contribution in [0.3, 0.4) is 0 Å². The van der Waals surface area contributed by atoms with Crippen LogP contribution in [0.15, 0.2) is 24.3 Å². The first kappa shape index (κ1) is 28.5. The summed E-state index contributed by atoms with van der Waals surface area (Å²) in [5.41, 5.74) is -0.728. The SMILES string of the molecule is OC(CC(F)(F)C(F)(F)C(F)(F)C(F)(F)C(F)(F)C(F)(F)C(F)(F)F)c1ccc(Cl)cc1. The van der Waals surface area contributed by atoms with Crippen LogP contribution in [0.5, 0.6) is 0 Å². The largest absolute Gasteiger partial charge is 0.460 e. The van der Waals surface area contributed by atoms with E-state index in [1.807, 2.05) is 0 Å². The predicted molar refractivity (Wildman–Crippen MR) is 76.8 cm³/mol. The fourth-order valence-electron chi connectivity index (χ4n) is 2.17. The Morgan fingerprint density at radius 1 is 0.594 bits per heavy atom. The van der Waals surface area contributed by atoms with Crippen molar-refractivity contribution in [1.82, 2.24) is 0 Å². The Morgan fingerprint density at radius 2 is 0.938 bits per heavy atom. The molecule has 1 rings (SSSR count). The monoisotopic (exact) mass is 524 g/mol. The molecule has 0 aliphatic carbocycles. The van der Waals surface area contributed by atoms with Crippen molar-refractivity contribution in [2.45, 2.75) is 54.2 Å². The first-order valence-electron chi connectivity index (χ1n) is 7.65. The summed E-state index contributed by atoms with van der Waals surface area (Å²) < 4.78 is 196. The number of hydrogen-bond donors (Lipinski definition) is 1. The minimum Gasteiger partial charge on any atom is -0.388 e. The van der Waals surface area contributed by atoms with Crippen molar-refractivity contribution in [3.05, 3.63) is 34.9 Å². The molecule has 32 heavy (non-hydrogen) atoms. The lowest BCUT2D eigenvalue weighted by molar-refractivity contribution is -0.453. The normalized spacial score (nSPS) is 16.3. The quantitative estimate of drug-likeness (QED) is 0.359. The Morgan fingerprint density at radius 3 is 1.31 bits per heavy atom. The molecular weight excluding hydrogens is 517 g/mol. The molecule has 1 atom stereocenters. The van der Waals surface area contributed by atoms with E-state index in [1.165, 1.54) is 0 Å². The third kappa shape index (κ3) is 4.19. The van der Waals surface area contributed by atoms with Gasteiger partial charge >= 0.3 is 41.7 Å². The molecular formula is C15H8ClF15O. The van der Waals surface area contributed by atoms with Crippen LogP contribution in [-0.2, 0) is 0 Å². The lowest BCUT2D eigenvalue weighted by Gasteiger charge is -2.41. The van der Waals surface area contributed by atoms with Crippen LogP contribution in [0, 0.1) is 0 Å². The maximum absolute atomic E-state index is 13.8. The Labute approximate surface area is 172 Å². The van der Waals surface area contributed by atoms with Gasteiger partial charge in [-0.1, -0.05) is 23.7 Å². The van der Waals surface area contributed by atoms with Gasteiger partial charge in [-0.25, -0.2) is 0 Å². The summed E-state index contributed by atoms with van der Waals surface area (Å²) in [6.45, 7) is 0. The molecule has 1 aromatic carbocycles. The topological polar surface area (TPSA) is 20.2 Å². The summed E-state index contributed by atoms with van der Waals surface area (Å²) in [6.07, 6.45) is -13.3. The van der Waals surface area contributed by atoms with E-state index in [4.69, 9.17) is 11.6 Å². The molecule has 1 aromatic rings. The zero-order valence-electron chi connectivity index (χ0n) is 14.6. The standard InChI is InChI=1S/C15H8ClF15O/c16-7-3-1-6(2-4-7)8(32)5-9(17,18)10(19,20)11(21,22)12(23,24)13(25,26)14(27,28)15(29,30)31/h1-4,8,32H,5H2. The van der Waals surface area contributed by atoms with Gasteiger partial charge in [-0.15, -0.1) is 0 Å². The van der Waals surface area contributed by atoms with Crippen molar-refractivity contribution in [1.29, 1.82) is 0 Å². The van der Waals surface area contributed by atoms with Gasteiger partial charge in [0.15, 0.2) is 0 Å². The van der Waals surface area contributed by atoms with Crippen molar-refractivity contribution in [2.75, 3.05) is 0 Å². The highest BCUT2D eigenvalue weighted by atomic mass is 35.5. The first-order valence-corrected chi connectivity index (χ1v) is 8.03. The molecule has 0 aromatic heterocycles. The molecule has 186 valence electrons. The molecule has 1 nitrogen and oxygen atoms in total. The highest BCUT2D eigenvalue weighted by Crippen LogP contribution is 2.63. The second-order valence-corrected chi connectivity index (χ2v) is 6.78. The Hall–Kier alpha value is -1.58. The Kier molecular flexibility index (Phi) is 7.13. The number of aliphatic hydroxyl groups excluding tert-OH is 1. The van der Waals surface area contributed by atoms with E-state index in [2.05, 4.69) is 0 Å². The second-order valence-electron chi connectivity index (χ2n) is 6.35. The molecule has 0 saturated carbocycles. The maximum atomic E-state index is 13.8. The van der Waals surface area contributed by atoms with E-state index in [0.29, 0.717) is 12.1 Å². The van der Waals surface area contributed by atoms with Crippen LogP contribution < -0.4 is 0 Å². The van der Waals surface area contributed by atoms with Crippen molar-refractivity contribution in [2.24, 2.45) is 0 Å². The summed E-state index contributed by atoms with van der Waals surface area (Å²) in [5, 5.41) is 9.37. The molecule has 1 N–H and O–H groups in total. The van der Waals surface area contributed by atoms with Gasteiger partial charge in [0.25, 0.3) is 0 Å². The molecule has 0 fully saturated rings. The Balaban J connectivity index is 3.43. The fourth-order valence-corrected chi connectivity index (χ4v) is 2.30. The fraction of sp³-hybridized carbons (Fsp3) is 0.600. The van der Waals surface area contributed by atoms with Crippen LogP contribution in [0.2, 0.25) is 5.02 Å². The molecule has 1 unspecified atom stereocenters. The van der Waals surface area contributed by atoms with Crippen LogP contribution in [-0.4, -0.2) is 46.8 Å². The molecule has 0 amide bonds. The highest BCUT2D eigenvalue weighted by molar-refractivity contribution is 6.30. The lowest BCUT2D eigenvalue weighted by atomic mass is 9.88. The average Bonchev–Trinajstić information content (AvgIpc) is 2.59. The number of rotatable bonds is 8. The molecule has 17 heteroatoms. The van der Waals surface area contributed by atoms with E-state index in [9.17, 15) is 71.0 Å². The van der Waals surface area contributed by atoms with Crippen LogP contribution in [0.25, 0.3) is 0 Å². The summed E-state index contributed by atoms with van der Waals surface area (Å²) >= 11 is 5.40. The third-order valence-corrected chi connectivity index (χ3v) is 4.35. The summed E-state index contributed by atoms with van der Waals surface area (Å²) in [4.78, 5) is 0. The smallest absolute Gasteiger partial charge is 0.388 e. The minimum absolute atomic E-state index is 0.1000. The lowest BCUT2D eigenvalue weighted by Crippen LogP contribution is -2.72. The van der Waals surface area contributed by atoms with Gasteiger partial charge in [-0.05, 0) is 17.7 Å². The van der Waals surface area contributed by atoms with E-state index >= 15 is 0 Å². The number of aliphatic hydroxyl groups is 1. The van der Waals surface area contributed by atoms with E-state index < -0.39 is 59.8 Å². The van der Waals surface area contributed by atoms with Crippen molar-refractivity contribution in [3.63, 3.8) is 0 Å². The molecule has 0 aliphatic heterocycles. The van der Waals surface area contributed by atoms with Gasteiger partial charge in [0, 0.05) is 11.4 Å². The van der Waals surface area contributed by atoms with E-state index in [-0.39, 0.29) is 5.02 Å². The third-order valence-electron chi connectivity index (χ3n) is 4.10. The van der Waals surface area contributed by atoms with Gasteiger partial charge in [0.1, 0.15) is 0 Å². The molecule has 0 bridgehead atoms. The van der Waals surface area contributed by atoms with Crippen molar-refractivity contribution < 1.29 is 71.0 Å². The van der Waals surface area contributed by atoms with Gasteiger partial charge in [0.2, 0.25) is 0 Å². The number of benzene rings is 1. The Bertz CT molecular complexity index is 800. The first-order chi connectivity index (χ1) is 13.9. The zero-order chi connectivity index (χ0) is 25.8. The maximum Gasteiger partial charge on any atom is 0.460 e. The predicted octanol–water partition coefficient (Wildman–Crippen LogP) is 7.14. The van der Waals surface area contributed by atoms with Crippen molar-refractivity contribution >= 4 is 11.6 Å². The van der Waals surface area contributed by atoms with E-state index in [1.54, 1.807) is 0 Å². The van der Waals surface area contributed by atoms with Crippen LogP contribution >= 0.6 is 11.6 Å². The molecule has 0 heterocycles. The number of alkyl halides is 15. The van der Waals surface area contributed by atoms with Gasteiger partial charge in [-0.2, -0.15) is 65.9 Å². The zero-order valence-corrected chi connectivity index (χ0v) is 15.3. The molecule has 0 spiro atoms. The van der Waals surface area contributed by atoms with Gasteiger partial charge in [-0.3, -0.25) is 0 Å². The average molecular weight is 525 g/mol. The highest BCUT2D eigenvalue weighted by Gasteiger charge is 2.93. The summed E-state index contributed by atoms with van der Waals surface area (Å²) in [7, 11) is 0. The van der Waals surface area contributed by atoms with Gasteiger partial charge < -0.3 is 5.11 Å². The summed E-state index contributed by atoms with van der Waals surface area (Å²) in [5.74, 6) is -47.0. The van der Waals surface area contributed by atoms with E-state index in [0.717, 1.165) is 12.1 Å². The molecule has 0 saturated heterocycles. The molecule has 0 aliphatic rings. The van der Waals surface area contributed by atoms with Crippen LogP contribution in [0.4, 0.5) is 65.9 Å².